The first-order valence-electron chi connectivity index (χ1n) is 4.23. The van der Waals surface area contributed by atoms with Crippen LogP contribution in [0.5, 0.6) is 5.75 Å². The molecule has 1 rings (SSSR count). The van der Waals surface area contributed by atoms with Crippen molar-refractivity contribution in [3.8, 4) is 11.8 Å². The Balaban J connectivity index is 3.13. The molecule has 0 amide bonds. The van der Waals surface area contributed by atoms with E-state index in [-0.39, 0.29) is 5.75 Å². The SMILES string of the molecule is CC(O)[C@H](N)c1cc(C#N)ccc1O. The van der Waals surface area contributed by atoms with E-state index in [9.17, 15) is 10.2 Å². The summed E-state index contributed by atoms with van der Waals surface area (Å²) in [7, 11) is 0. The predicted octanol–water partition coefficient (Wildman–Crippen LogP) is 0.644. The molecule has 4 nitrogen and oxygen atoms in total. The van der Waals surface area contributed by atoms with Crippen LogP contribution in [0.15, 0.2) is 18.2 Å². The van der Waals surface area contributed by atoms with E-state index in [1.165, 1.54) is 25.1 Å². The van der Waals surface area contributed by atoms with Crippen LogP contribution in [0.25, 0.3) is 0 Å². The van der Waals surface area contributed by atoms with Crippen LogP contribution in [0.2, 0.25) is 0 Å². The van der Waals surface area contributed by atoms with E-state index < -0.39 is 12.1 Å². The van der Waals surface area contributed by atoms with E-state index in [0.29, 0.717) is 11.1 Å². The summed E-state index contributed by atoms with van der Waals surface area (Å²) >= 11 is 0. The van der Waals surface area contributed by atoms with Gasteiger partial charge in [0.05, 0.1) is 23.8 Å². The van der Waals surface area contributed by atoms with E-state index in [1.807, 2.05) is 6.07 Å². The number of nitrogens with two attached hydrogens (primary N) is 1. The molecule has 0 aromatic heterocycles. The zero-order valence-electron chi connectivity index (χ0n) is 7.81. The molecule has 0 saturated carbocycles. The second kappa shape index (κ2) is 4.09. The van der Waals surface area contributed by atoms with Gasteiger partial charge in [-0.15, -0.1) is 0 Å². The first kappa shape index (κ1) is 10.5. The zero-order chi connectivity index (χ0) is 10.7. The van der Waals surface area contributed by atoms with E-state index in [1.54, 1.807) is 0 Å². The topological polar surface area (TPSA) is 90.3 Å². The van der Waals surface area contributed by atoms with Crippen molar-refractivity contribution in [2.75, 3.05) is 0 Å². The van der Waals surface area contributed by atoms with E-state index in [4.69, 9.17) is 11.0 Å². The molecule has 0 spiro atoms. The second-order valence-corrected chi connectivity index (χ2v) is 3.15. The van der Waals surface area contributed by atoms with Gasteiger partial charge in [-0.05, 0) is 25.1 Å². The first-order valence-corrected chi connectivity index (χ1v) is 4.23. The lowest BCUT2D eigenvalue weighted by Crippen LogP contribution is -2.23. The third-order valence-electron chi connectivity index (χ3n) is 2.04. The van der Waals surface area contributed by atoms with Crippen molar-refractivity contribution in [2.45, 2.75) is 19.1 Å². The van der Waals surface area contributed by atoms with Gasteiger partial charge in [-0.2, -0.15) is 5.26 Å². The monoisotopic (exact) mass is 192 g/mol. The molecule has 1 aromatic rings. The number of benzene rings is 1. The largest absolute Gasteiger partial charge is 0.508 e. The minimum atomic E-state index is -0.769. The maximum atomic E-state index is 9.45. The molecule has 1 aromatic carbocycles. The van der Waals surface area contributed by atoms with Gasteiger partial charge in [0.2, 0.25) is 0 Å². The molecule has 0 heterocycles. The van der Waals surface area contributed by atoms with Crippen molar-refractivity contribution >= 4 is 0 Å². The van der Waals surface area contributed by atoms with Crippen LogP contribution in [-0.4, -0.2) is 16.3 Å². The van der Waals surface area contributed by atoms with Crippen LogP contribution in [0.1, 0.15) is 24.1 Å². The van der Waals surface area contributed by atoms with Crippen LogP contribution in [-0.2, 0) is 0 Å². The summed E-state index contributed by atoms with van der Waals surface area (Å²) < 4.78 is 0. The Labute approximate surface area is 82.2 Å². The predicted molar refractivity (Wildman–Crippen MR) is 51.4 cm³/mol. The third kappa shape index (κ3) is 2.02. The minimum Gasteiger partial charge on any atom is -0.508 e. The molecule has 0 radical (unpaired) electrons. The Morgan fingerprint density at radius 2 is 2.14 bits per heavy atom. The molecule has 4 N–H and O–H groups in total. The molecule has 0 aliphatic rings. The van der Waals surface area contributed by atoms with Gasteiger partial charge in [-0.3, -0.25) is 0 Å². The number of aliphatic hydroxyl groups excluding tert-OH is 1. The molecule has 14 heavy (non-hydrogen) atoms. The normalized spacial score (nSPS) is 14.4. The van der Waals surface area contributed by atoms with Gasteiger partial charge in [0.25, 0.3) is 0 Å². The molecule has 0 fully saturated rings. The minimum absolute atomic E-state index is 0.00241. The van der Waals surface area contributed by atoms with Gasteiger partial charge in [0.1, 0.15) is 5.75 Å². The number of rotatable bonds is 2. The number of phenols is 1. The maximum Gasteiger partial charge on any atom is 0.120 e. The van der Waals surface area contributed by atoms with Crippen molar-refractivity contribution in [2.24, 2.45) is 5.73 Å². The van der Waals surface area contributed by atoms with Gasteiger partial charge < -0.3 is 15.9 Å². The van der Waals surface area contributed by atoms with Gasteiger partial charge >= 0.3 is 0 Å². The first-order chi connectivity index (χ1) is 6.56. The highest BCUT2D eigenvalue weighted by atomic mass is 16.3. The fourth-order valence-electron chi connectivity index (χ4n) is 1.15. The molecule has 0 aliphatic heterocycles. The highest BCUT2D eigenvalue weighted by molar-refractivity contribution is 5.43. The van der Waals surface area contributed by atoms with Gasteiger partial charge in [0.15, 0.2) is 0 Å². The molecule has 0 saturated heterocycles. The standard InChI is InChI=1S/C10H12N2O2/c1-6(13)10(12)8-4-7(5-11)2-3-9(8)14/h2-4,6,10,13-14H,12H2,1H3/t6?,10-/m0/s1. The number of hydrogen-bond acceptors (Lipinski definition) is 4. The highest BCUT2D eigenvalue weighted by Crippen LogP contribution is 2.25. The number of nitrogens with zero attached hydrogens (tertiary/aromatic N) is 1. The summed E-state index contributed by atoms with van der Waals surface area (Å²) in [4.78, 5) is 0. The van der Waals surface area contributed by atoms with E-state index in [0.717, 1.165) is 0 Å². The number of aliphatic hydroxyl groups is 1. The van der Waals surface area contributed by atoms with Crippen molar-refractivity contribution in [1.29, 1.82) is 5.26 Å². The summed E-state index contributed by atoms with van der Waals surface area (Å²) in [6, 6.07) is 5.63. The van der Waals surface area contributed by atoms with Crippen LogP contribution in [0.3, 0.4) is 0 Å². The Kier molecular flexibility index (Phi) is 3.07. The molecular weight excluding hydrogens is 180 g/mol. The summed E-state index contributed by atoms with van der Waals surface area (Å²) in [6.07, 6.45) is -0.769. The average molecular weight is 192 g/mol. The average Bonchev–Trinajstić information content (AvgIpc) is 2.17. The van der Waals surface area contributed by atoms with Crippen LogP contribution in [0, 0.1) is 11.3 Å². The number of phenolic OH excluding ortho intramolecular Hbond substituents is 1. The van der Waals surface area contributed by atoms with Crippen molar-refractivity contribution < 1.29 is 10.2 Å². The van der Waals surface area contributed by atoms with Crippen LogP contribution in [0.4, 0.5) is 0 Å². The lowest BCUT2D eigenvalue weighted by atomic mass is 10.0. The maximum absolute atomic E-state index is 9.45. The Morgan fingerprint density at radius 3 is 2.64 bits per heavy atom. The molecular formula is C10H12N2O2. The molecule has 2 atom stereocenters. The quantitative estimate of drug-likeness (QED) is 0.641. The smallest absolute Gasteiger partial charge is 0.120 e. The van der Waals surface area contributed by atoms with Crippen molar-refractivity contribution in [3.05, 3.63) is 29.3 Å². The van der Waals surface area contributed by atoms with E-state index in [2.05, 4.69) is 0 Å². The lowest BCUT2D eigenvalue weighted by molar-refractivity contribution is 0.163. The Bertz CT molecular complexity index is 369. The fourth-order valence-corrected chi connectivity index (χ4v) is 1.15. The Morgan fingerprint density at radius 1 is 1.50 bits per heavy atom. The molecule has 1 unspecified atom stereocenters. The van der Waals surface area contributed by atoms with Gasteiger partial charge in [-0.1, -0.05) is 0 Å². The lowest BCUT2D eigenvalue weighted by Gasteiger charge is -2.16. The van der Waals surface area contributed by atoms with E-state index >= 15 is 0 Å². The summed E-state index contributed by atoms with van der Waals surface area (Å²) in [6.45, 7) is 1.53. The zero-order valence-corrected chi connectivity index (χ0v) is 7.81. The molecule has 0 bridgehead atoms. The molecule has 0 aliphatic carbocycles. The van der Waals surface area contributed by atoms with Crippen LogP contribution >= 0.6 is 0 Å². The number of nitriles is 1. The van der Waals surface area contributed by atoms with Gasteiger partial charge in [-0.25, -0.2) is 0 Å². The van der Waals surface area contributed by atoms with Crippen molar-refractivity contribution in [1.82, 2.24) is 0 Å². The highest BCUT2D eigenvalue weighted by Gasteiger charge is 2.16. The third-order valence-corrected chi connectivity index (χ3v) is 2.04. The summed E-state index contributed by atoms with van der Waals surface area (Å²) in [5.41, 5.74) is 6.44. The Hall–Kier alpha value is -1.57. The molecule has 4 heteroatoms. The second-order valence-electron chi connectivity index (χ2n) is 3.15. The van der Waals surface area contributed by atoms with Gasteiger partial charge in [0, 0.05) is 5.56 Å². The van der Waals surface area contributed by atoms with Crippen LogP contribution < -0.4 is 5.73 Å². The number of hydrogen-bond donors (Lipinski definition) is 3. The number of aromatic hydroxyl groups is 1. The summed E-state index contributed by atoms with van der Waals surface area (Å²) in [5.74, 6) is -0.00241. The van der Waals surface area contributed by atoms with Crippen molar-refractivity contribution in [3.63, 3.8) is 0 Å². The fraction of sp³-hybridized carbons (Fsp3) is 0.300. The molecule has 74 valence electrons. The summed E-state index contributed by atoms with van der Waals surface area (Å²) in [5, 5.41) is 27.3.